The standard InChI is InChI=1S/C14H22N2O2/c1-10(2)18-13-6-12(8-16-9-13)14(17)11-4-3-5-15-7-11/h6,8-11,14-15,17H,3-5,7H2,1-2H3. The van der Waals surface area contributed by atoms with Crippen LogP contribution in [0.1, 0.15) is 38.4 Å². The molecular formula is C14H22N2O2. The number of aliphatic hydroxyl groups excluding tert-OH is 1. The van der Waals surface area contributed by atoms with Crippen LogP contribution in [0.2, 0.25) is 0 Å². The molecule has 1 aliphatic heterocycles. The van der Waals surface area contributed by atoms with E-state index < -0.39 is 6.10 Å². The summed E-state index contributed by atoms with van der Waals surface area (Å²) in [4.78, 5) is 4.15. The van der Waals surface area contributed by atoms with E-state index in [1.807, 2.05) is 19.9 Å². The average Bonchev–Trinajstić information content (AvgIpc) is 2.38. The summed E-state index contributed by atoms with van der Waals surface area (Å²) in [5.41, 5.74) is 0.849. The first-order valence-electron chi connectivity index (χ1n) is 6.67. The highest BCUT2D eigenvalue weighted by molar-refractivity contribution is 5.25. The van der Waals surface area contributed by atoms with E-state index in [0.717, 1.165) is 37.2 Å². The van der Waals surface area contributed by atoms with Crippen LogP contribution in [0, 0.1) is 5.92 Å². The van der Waals surface area contributed by atoms with Gasteiger partial charge in [-0.15, -0.1) is 0 Å². The first-order valence-corrected chi connectivity index (χ1v) is 6.67. The van der Waals surface area contributed by atoms with Crippen molar-refractivity contribution in [2.24, 2.45) is 5.92 Å². The lowest BCUT2D eigenvalue weighted by Gasteiger charge is -2.27. The van der Waals surface area contributed by atoms with Crippen molar-refractivity contribution < 1.29 is 9.84 Å². The second-order valence-electron chi connectivity index (χ2n) is 5.17. The summed E-state index contributed by atoms with van der Waals surface area (Å²) in [7, 11) is 0. The highest BCUT2D eigenvalue weighted by atomic mass is 16.5. The van der Waals surface area contributed by atoms with Gasteiger partial charge in [-0.2, -0.15) is 0 Å². The summed E-state index contributed by atoms with van der Waals surface area (Å²) < 4.78 is 5.60. The molecule has 4 heteroatoms. The lowest BCUT2D eigenvalue weighted by molar-refractivity contribution is 0.0914. The molecule has 0 radical (unpaired) electrons. The predicted molar refractivity (Wildman–Crippen MR) is 70.6 cm³/mol. The van der Waals surface area contributed by atoms with Crippen LogP contribution in [0.5, 0.6) is 5.75 Å². The van der Waals surface area contributed by atoms with E-state index in [0.29, 0.717) is 0 Å². The maximum atomic E-state index is 10.4. The quantitative estimate of drug-likeness (QED) is 0.857. The Bertz CT molecular complexity index is 376. The van der Waals surface area contributed by atoms with Crippen molar-refractivity contribution >= 4 is 0 Å². The Morgan fingerprint density at radius 1 is 1.44 bits per heavy atom. The molecule has 2 rings (SSSR count). The number of pyridine rings is 1. The van der Waals surface area contributed by atoms with Gasteiger partial charge in [0, 0.05) is 24.2 Å². The Balaban J connectivity index is 2.06. The molecule has 0 aliphatic carbocycles. The lowest BCUT2D eigenvalue weighted by Crippen LogP contribution is -2.33. The number of piperidine rings is 1. The van der Waals surface area contributed by atoms with Crippen LogP contribution in [0.4, 0.5) is 0 Å². The number of hydrogen-bond donors (Lipinski definition) is 2. The summed E-state index contributed by atoms with van der Waals surface area (Å²) in [5, 5.41) is 13.7. The lowest BCUT2D eigenvalue weighted by atomic mass is 9.90. The molecule has 1 saturated heterocycles. The van der Waals surface area contributed by atoms with E-state index in [-0.39, 0.29) is 12.0 Å². The monoisotopic (exact) mass is 250 g/mol. The van der Waals surface area contributed by atoms with E-state index in [2.05, 4.69) is 10.3 Å². The molecule has 2 atom stereocenters. The molecule has 2 N–H and O–H groups in total. The summed E-state index contributed by atoms with van der Waals surface area (Å²) in [6, 6.07) is 1.90. The number of aromatic nitrogens is 1. The summed E-state index contributed by atoms with van der Waals surface area (Å²) in [6.45, 7) is 5.89. The van der Waals surface area contributed by atoms with Gasteiger partial charge in [0.1, 0.15) is 5.75 Å². The first-order chi connectivity index (χ1) is 8.66. The van der Waals surface area contributed by atoms with Crippen molar-refractivity contribution in [3.05, 3.63) is 24.0 Å². The first kappa shape index (κ1) is 13.3. The van der Waals surface area contributed by atoms with Crippen molar-refractivity contribution in [2.75, 3.05) is 13.1 Å². The van der Waals surface area contributed by atoms with Crippen molar-refractivity contribution in [1.29, 1.82) is 0 Å². The van der Waals surface area contributed by atoms with Crippen molar-refractivity contribution in [1.82, 2.24) is 10.3 Å². The molecule has 1 aromatic rings. The fraction of sp³-hybridized carbons (Fsp3) is 0.643. The highest BCUT2D eigenvalue weighted by Gasteiger charge is 2.23. The SMILES string of the molecule is CC(C)Oc1cncc(C(O)C2CCCNC2)c1. The van der Waals surface area contributed by atoms with Gasteiger partial charge in [0.2, 0.25) is 0 Å². The molecule has 18 heavy (non-hydrogen) atoms. The molecule has 0 aromatic carbocycles. The fourth-order valence-corrected chi connectivity index (χ4v) is 2.35. The smallest absolute Gasteiger partial charge is 0.138 e. The summed E-state index contributed by atoms with van der Waals surface area (Å²) >= 11 is 0. The molecule has 2 unspecified atom stereocenters. The second-order valence-corrected chi connectivity index (χ2v) is 5.17. The van der Waals surface area contributed by atoms with Gasteiger partial charge in [0.15, 0.2) is 0 Å². The van der Waals surface area contributed by atoms with Crippen molar-refractivity contribution in [3.63, 3.8) is 0 Å². The summed E-state index contributed by atoms with van der Waals surface area (Å²) in [5.74, 6) is 1.00. The van der Waals surface area contributed by atoms with Crippen LogP contribution < -0.4 is 10.1 Å². The molecule has 0 bridgehead atoms. The van der Waals surface area contributed by atoms with Gasteiger partial charge in [-0.05, 0) is 39.3 Å². The van der Waals surface area contributed by atoms with Crippen LogP contribution in [-0.2, 0) is 0 Å². The predicted octanol–water partition coefficient (Wildman–Crippen LogP) is 1.90. The minimum absolute atomic E-state index is 0.121. The average molecular weight is 250 g/mol. The normalized spacial score (nSPS) is 21.9. The number of rotatable bonds is 4. The van der Waals surface area contributed by atoms with Gasteiger partial charge in [0.25, 0.3) is 0 Å². The van der Waals surface area contributed by atoms with Crippen LogP contribution in [0.3, 0.4) is 0 Å². The molecular weight excluding hydrogens is 228 g/mol. The Kier molecular flexibility index (Phi) is 4.55. The number of nitrogens with one attached hydrogen (secondary N) is 1. The third kappa shape index (κ3) is 3.43. The number of hydrogen-bond acceptors (Lipinski definition) is 4. The molecule has 4 nitrogen and oxygen atoms in total. The Morgan fingerprint density at radius 3 is 2.94 bits per heavy atom. The zero-order valence-corrected chi connectivity index (χ0v) is 11.1. The zero-order chi connectivity index (χ0) is 13.0. The van der Waals surface area contributed by atoms with E-state index in [1.165, 1.54) is 0 Å². The largest absolute Gasteiger partial charge is 0.489 e. The van der Waals surface area contributed by atoms with Crippen LogP contribution in [0.15, 0.2) is 18.5 Å². The molecule has 0 saturated carbocycles. The van der Waals surface area contributed by atoms with Gasteiger partial charge in [-0.1, -0.05) is 0 Å². The van der Waals surface area contributed by atoms with E-state index in [4.69, 9.17) is 4.74 Å². The topological polar surface area (TPSA) is 54.4 Å². The molecule has 1 fully saturated rings. The van der Waals surface area contributed by atoms with Crippen LogP contribution >= 0.6 is 0 Å². The Hall–Kier alpha value is -1.13. The molecule has 1 aromatic heterocycles. The Morgan fingerprint density at radius 2 is 2.28 bits per heavy atom. The van der Waals surface area contributed by atoms with Crippen LogP contribution in [0.25, 0.3) is 0 Å². The molecule has 0 spiro atoms. The zero-order valence-electron chi connectivity index (χ0n) is 11.1. The molecule has 1 aliphatic rings. The molecule has 100 valence electrons. The maximum Gasteiger partial charge on any atom is 0.138 e. The minimum atomic E-state index is -0.457. The highest BCUT2D eigenvalue weighted by Crippen LogP contribution is 2.28. The Labute approximate surface area is 108 Å². The van der Waals surface area contributed by atoms with Crippen molar-refractivity contribution in [2.45, 2.75) is 38.9 Å². The van der Waals surface area contributed by atoms with Gasteiger partial charge in [-0.25, -0.2) is 0 Å². The van der Waals surface area contributed by atoms with E-state index >= 15 is 0 Å². The van der Waals surface area contributed by atoms with E-state index in [9.17, 15) is 5.11 Å². The number of nitrogens with zero attached hydrogens (tertiary/aromatic N) is 1. The number of aliphatic hydroxyl groups is 1. The molecule has 2 heterocycles. The van der Waals surface area contributed by atoms with Gasteiger partial charge >= 0.3 is 0 Å². The summed E-state index contributed by atoms with van der Waals surface area (Å²) in [6.07, 6.45) is 5.26. The number of ether oxygens (including phenoxy) is 1. The van der Waals surface area contributed by atoms with Gasteiger partial charge in [-0.3, -0.25) is 4.98 Å². The third-order valence-electron chi connectivity index (χ3n) is 3.23. The van der Waals surface area contributed by atoms with E-state index in [1.54, 1.807) is 12.4 Å². The van der Waals surface area contributed by atoms with Gasteiger partial charge < -0.3 is 15.2 Å². The maximum absolute atomic E-state index is 10.4. The second kappa shape index (κ2) is 6.16. The minimum Gasteiger partial charge on any atom is -0.489 e. The third-order valence-corrected chi connectivity index (χ3v) is 3.23. The van der Waals surface area contributed by atoms with Crippen LogP contribution in [-0.4, -0.2) is 29.3 Å². The van der Waals surface area contributed by atoms with Crippen molar-refractivity contribution in [3.8, 4) is 5.75 Å². The van der Waals surface area contributed by atoms with Gasteiger partial charge in [0.05, 0.1) is 18.4 Å². The fourth-order valence-electron chi connectivity index (χ4n) is 2.35. The molecule has 0 amide bonds.